The molecule has 2 fully saturated rings. The van der Waals surface area contributed by atoms with Gasteiger partial charge in [-0.3, -0.25) is 19.2 Å². The van der Waals surface area contributed by atoms with Crippen molar-refractivity contribution in [2.45, 2.75) is 12.8 Å². The van der Waals surface area contributed by atoms with E-state index in [0.29, 0.717) is 11.4 Å². The number of anilines is 2. The molecule has 3 rings (SSSR count). The second-order valence-corrected chi connectivity index (χ2v) is 6.01. The zero-order valence-corrected chi connectivity index (χ0v) is 12.7. The topological polar surface area (TPSA) is 115 Å². The molecule has 2 aliphatic heterocycles. The Balaban J connectivity index is 1.83. The Morgan fingerprint density at radius 2 is 1.29 bits per heavy atom. The van der Waals surface area contributed by atoms with Crippen molar-refractivity contribution in [3.8, 4) is 0 Å². The van der Waals surface area contributed by atoms with E-state index in [1.54, 1.807) is 24.3 Å². The van der Waals surface area contributed by atoms with E-state index in [2.05, 4.69) is 0 Å². The van der Waals surface area contributed by atoms with Crippen LogP contribution in [0.2, 0.25) is 0 Å². The SMILES string of the molecule is O=C(O)C1CC(=O)N(c2cccc(N3CC(C(=O)O)CC3=O)c2)C1. The van der Waals surface area contributed by atoms with E-state index in [9.17, 15) is 19.2 Å². The van der Waals surface area contributed by atoms with Gasteiger partial charge in [0, 0.05) is 37.3 Å². The molecule has 0 aromatic heterocycles. The predicted octanol–water partition coefficient (Wildman–Crippen LogP) is 0.562. The first-order valence-electron chi connectivity index (χ1n) is 7.53. The molecule has 126 valence electrons. The first-order chi connectivity index (χ1) is 11.4. The number of carbonyl (C=O) groups is 4. The van der Waals surface area contributed by atoms with Gasteiger partial charge in [-0.25, -0.2) is 0 Å². The zero-order chi connectivity index (χ0) is 17.4. The molecule has 2 heterocycles. The molecule has 2 N–H and O–H groups in total. The largest absolute Gasteiger partial charge is 0.481 e. The van der Waals surface area contributed by atoms with Gasteiger partial charge in [0.1, 0.15) is 0 Å². The molecule has 8 heteroatoms. The number of rotatable bonds is 4. The van der Waals surface area contributed by atoms with Crippen molar-refractivity contribution in [1.29, 1.82) is 0 Å². The van der Waals surface area contributed by atoms with Gasteiger partial charge >= 0.3 is 11.9 Å². The van der Waals surface area contributed by atoms with Crippen molar-refractivity contribution in [3.63, 3.8) is 0 Å². The van der Waals surface area contributed by atoms with E-state index >= 15 is 0 Å². The summed E-state index contributed by atoms with van der Waals surface area (Å²) in [7, 11) is 0. The second kappa shape index (κ2) is 5.95. The van der Waals surface area contributed by atoms with Crippen LogP contribution in [0.5, 0.6) is 0 Å². The molecule has 2 saturated heterocycles. The number of carbonyl (C=O) groups excluding carboxylic acids is 2. The molecule has 2 aliphatic rings. The molecular formula is C16H16N2O6. The van der Waals surface area contributed by atoms with Gasteiger partial charge in [-0.15, -0.1) is 0 Å². The first-order valence-corrected chi connectivity index (χ1v) is 7.53. The van der Waals surface area contributed by atoms with Gasteiger partial charge in [-0.2, -0.15) is 0 Å². The smallest absolute Gasteiger partial charge is 0.308 e. The molecule has 0 spiro atoms. The summed E-state index contributed by atoms with van der Waals surface area (Å²) in [5, 5.41) is 18.1. The van der Waals surface area contributed by atoms with Crippen molar-refractivity contribution < 1.29 is 29.4 Å². The van der Waals surface area contributed by atoms with Crippen LogP contribution in [0.3, 0.4) is 0 Å². The number of hydrogen-bond donors (Lipinski definition) is 2. The molecule has 0 saturated carbocycles. The molecule has 0 radical (unpaired) electrons. The Morgan fingerprint density at radius 1 is 0.875 bits per heavy atom. The highest BCUT2D eigenvalue weighted by atomic mass is 16.4. The predicted molar refractivity (Wildman–Crippen MR) is 82.6 cm³/mol. The summed E-state index contributed by atoms with van der Waals surface area (Å²) in [5.41, 5.74) is 1.01. The van der Waals surface area contributed by atoms with Gasteiger partial charge in [-0.05, 0) is 18.2 Å². The summed E-state index contributed by atoms with van der Waals surface area (Å²) in [6.45, 7) is 0.173. The van der Waals surface area contributed by atoms with E-state index in [1.807, 2.05) is 0 Å². The molecule has 2 unspecified atom stereocenters. The minimum absolute atomic E-state index is 0.0523. The van der Waals surface area contributed by atoms with Crippen LogP contribution in [-0.4, -0.2) is 47.1 Å². The summed E-state index contributed by atoms with van der Waals surface area (Å²) in [4.78, 5) is 48.9. The molecule has 0 aliphatic carbocycles. The van der Waals surface area contributed by atoms with Gasteiger partial charge in [0.2, 0.25) is 11.8 Å². The van der Waals surface area contributed by atoms with Gasteiger partial charge in [0.25, 0.3) is 0 Å². The maximum atomic E-state index is 12.0. The molecule has 1 aromatic rings. The van der Waals surface area contributed by atoms with Crippen LogP contribution in [0, 0.1) is 11.8 Å². The summed E-state index contributed by atoms with van der Waals surface area (Å²) < 4.78 is 0. The van der Waals surface area contributed by atoms with Crippen molar-refractivity contribution in [2.75, 3.05) is 22.9 Å². The van der Waals surface area contributed by atoms with E-state index in [0.717, 1.165) is 0 Å². The normalized spacial score (nSPS) is 23.8. The van der Waals surface area contributed by atoms with Gasteiger partial charge < -0.3 is 20.0 Å². The Morgan fingerprint density at radius 3 is 1.62 bits per heavy atom. The third kappa shape index (κ3) is 2.82. The highest BCUT2D eigenvalue weighted by molar-refractivity contribution is 6.02. The summed E-state index contributed by atoms with van der Waals surface area (Å²) in [6, 6.07) is 6.61. The van der Waals surface area contributed by atoms with Crippen LogP contribution in [-0.2, 0) is 19.2 Å². The fourth-order valence-electron chi connectivity index (χ4n) is 3.07. The monoisotopic (exact) mass is 332 g/mol. The van der Waals surface area contributed by atoms with Gasteiger partial charge in [0.15, 0.2) is 0 Å². The number of aliphatic carboxylic acids is 2. The lowest BCUT2D eigenvalue weighted by Crippen LogP contribution is -2.28. The lowest BCUT2D eigenvalue weighted by atomic mass is 10.1. The Hall–Kier alpha value is -2.90. The fourth-order valence-corrected chi connectivity index (χ4v) is 3.07. The van der Waals surface area contributed by atoms with Crippen LogP contribution < -0.4 is 9.80 Å². The molecule has 1 aromatic carbocycles. The average Bonchev–Trinajstić information content (AvgIpc) is 3.11. The number of carboxylic acid groups (broad SMARTS) is 2. The van der Waals surface area contributed by atoms with E-state index in [4.69, 9.17) is 10.2 Å². The summed E-state index contributed by atoms with van der Waals surface area (Å²) >= 11 is 0. The van der Waals surface area contributed by atoms with E-state index in [-0.39, 0.29) is 37.7 Å². The molecule has 2 amide bonds. The van der Waals surface area contributed by atoms with Gasteiger partial charge in [0.05, 0.1) is 11.8 Å². The standard InChI is InChI=1S/C16H16N2O6/c19-13-4-9(15(21)22)7-17(13)11-2-1-3-12(6-11)18-8-10(16(23)24)5-14(18)20/h1-3,6,9-10H,4-5,7-8H2,(H,21,22)(H,23,24). The zero-order valence-electron chi connectivity index (χ0n) is 12.7. The lowest BCUT2D eigenvalue weighted by Gasteiger charge is -2.21. The van der Waals surface area contributed by atoms with Crippen molar-refractivity contribution in [3.05, 3.63) is 24.3 Å². The molecule has 8 nitrogen and oxygen atoms in total. The number of nitrogens with zero attached hydrogens (tertiary/aromatic N) is 2. The average molecular weight is 332 g/mol. The minimum atomic E-state index is -1.01. The third-order valence-electron chi connectivity index (χ3n) is 4.40. The molecular weight excluding hydrogens is 316 g/mol. The third-order valence-corrected chi connectivity index (χ3v) is 4.40. The number of amides is 2. The van der Waals surface area contributed by atoms with E-state index in [1.165, 1.54) is 9.80 Å². The molecule has 0 bridgehead atoms. The van der Waals surface area contributed by atoms with Crippen LogP contribution in [0.15, 0.2) is 24.3 Å². The highest BCUT2D eigenvalue weighted by Gasteiger charge is 2.37. The van der Waals surface area contributed by atoms with Crippen LogP contribution in [0.1, 0.15) is 12.8 Å². The Kier molecular flexibility index (Phi) is 3.96. The maximum absolute atomic E-state index is 12.0. The summed E-state index contributed by atoms with van der Waals surface area (Å²) in [5.74, 6) is -4.08. The van der Waals surface area contributed by atoms with Crippen molar-refractivity contribution in [1.82, 2.24) is 0 Å². The Labute approximate surface area is 137 Å². The minimum Gasteiger partial charge on any atom is -0.481 e. The van der Waals surface area contributed by atoms with Crippen LogP contribution >= 0.6 is 0 Å². The number of hydrogen-bond acceptors (Lipinski definition) is 4. The maximum Gasteiger partial charge on any atom is 0.308 e. The highest BCUT2D eigenvalue weighted by Crippen LogP contribution is 2.31. The van der Waals surface area contributed by atoms with Gasteiger partial charge in [-0.1, -0.05) is 6.07 Å². The van der Waals surface area contributed by atoms with Crippen molar-refractivity contribution >= 4 is 35.1 Å². The number of carboxylic acids is 2. The quantitative estimate of drug-likeness (QED) is 0.832. The summed E-state index contributed by atoms with van der Waals surface area (Å²) in [6.07, 6.45) is -0.105. The molecule has 24 heavy (non-hydrogen) atoms. The Bertz CT molecular complexity index is 674. The van der Waals surface area contributed by atoms with E-state index < -0.39 is 23.8 Å². The molecule has 2 atom stereocenters. The lowest BCUT2D eigenvalue weighted by molar-refractivity contribution is -0.142. The fraction of sp³-hybridized carbons (Fsp3) is 0.375. The van der Waals surface area contributed by atoms with Crippen LogP contribution in [0.4, 0.5) is 11.4 Å². The second-order valence-electron chi connectivity index (χ2n) is 6.01. The van der Waals surface area contributed by atoms with Crippen LogP contribution in [0.25, 0.3) is 0 Å². The number of benzene rings is 1. The van der Waals surface area contributed by atoms with Crippen molar-refractivity contribution in [2.24, 2.45) is 11.8 Å². The first kappa shape index (κ1) is 16.0.